The third-order valence-corrected chi connectivity index (χ3v) is 7.85. The Morgan fingerprint density at radius 1 is 0.556 bits per heavy atom. The average molecular weight is 666 g/mol. The lowest BCUT2D eigenvalue weighted by Gasteiger charge is -2.21. The molecule has 3 unspecified atom stereocenters. The Kier molecular flexibility index (Phi) is 22.3. The van der Waals surface area contributed by atoms with Crippen LogP contribution in [0.5, 0.6) is 0 Å². The van der Waals surface area contributed by atoms with Gasteiger partial charge in [0.2, 0.25) is 17.7 Å². The Balaban J connectivity index is 4.36. The summed E-state index contributed by atoms with van der Waals surface area (Å²) >= 11 is 0. The number of unbranched alkanes of at least 4 members (excludes halogenated alkanes) is 13. The van der Waals surface area contributed by atoms with Gasteiger partial charge in [0.15, 0.2) is 0 Å². The predicted octanol–water partition coefficient (Wildman–Crippen LogP) is 2.62. The van der Waals surface area contributed by atoms with Crippen LogP contribution in [-0.4, -0.2) is 87.8 Å². The molecular formula is C29H51N3O12S. The SMILES string of the molecule is CC(NC(=O)CCC(NC(=O)C(CS(=O)(=O)O)NC(=O)CCCCCCCCCCCCCCCCC(=O)O)C(=O)O)C(=O)O. The number of carbonyl (C=O) groups excluding carboxylic acids is 3. The van der Waals surface area contributed by atoms with Gasteiger partial charge in [-0.15, -0.1) is 0 Å². The molecule has 0 aliphatic heterocycles. The Labute approximate surface area is 265 Å². The first-order chi connectivity index (χ1) is 21.1. The van der Waals surface area contributed by atoms with Crippen LogP contribution in [-0.2, 0) is 38.9 Å². The second-order valence-corrected chi connectivity index (χ2v) is 12.8. The van der Waals surface area contributed by atoms with Gasteiger partial charge >= 0.3 is 17.9 Å². The van der Waals surface area contributed by atoms with E-state index in [0.717, 1.165) is 70.6 Å². The topological polar surface area (TPSA) is 254 Å². The van der Waals surface area contributed by atoms with Crippen molar-refractivity contribution in [3.05, 3.63) is 0 Å². The van der Waals surface area contributed by atoms with E-state index in [4.69, 9.17) is 10.2 Å². The first-order valence-corrected chi connectivity index (χ1v) is 17.2. The van der Waals surface area contributed by atoms with Crippen molar-refractivity contribution >= 4 is 45.7 Å². The summed E-state index contributed by atoms with van der Waals surface area (Å²) in [5, 5.41) is 33.3. The fourth-order valence-electron chi connectivity index (χ4n) is 4.52. The maximum absolute atomic E-state index is 12.7. The van der Waals surface area contributed by atoms with Crippen LogP contribution in [0.1, 0.15) is 122 Å². The minimum atomic E-state index is -4.73. The molecule has 0 fully saturated rings. The summed E-state index contributed by atoms with van der Waals surface area (Å²) in [6.45, 7) is 1.21. The number of rotatable bonds is 28. The number of aliphatic carboxylic acids is 3. The van der Waals surface area contributed by atoms with Crippen molar-refractivity contribution in [2.45, 2.75) is 141 Å². The molecule has 0 aromatic carbocycles. The highest BCUT2D eigenvalue weighted by Gasteiger charge is 2.30. The molecule has 15 nitrogen and oxygen atoms in total. The quantitative estimate of drug-likeness (QED) is 0.0470. The molecule has 0 rings (SSSR count). The van der Waals surface area contributed by atoms with Crippen molar-refractivity contribution in [1.29, 1.82) is 0 Å². The number of carbonyl (C=O) groups is 6. The van der Waals surface area contributed by atoms with Gasteiger partial charge in [0.1, 0.15) is 23.9 Å². The molecule has 0 spiro atoms. The van der Waals surface area contributed by atoms with Crippen LogP contribution in [0.15, 0.2) is 0 Å². The summed E-state index contributed by atoms with van der Waals surface area (Å²) in [6, 6.07) is -4.63. The Morgan fingerprint density at radius 2 is 0.978 bits per heavy atom. The molecule has 0 saturated carbocycles. The lowest BCUT2D eigenvalue weighted by atomic mass is 10.0. The highest BCUT2D eigenvalue weighted by Crippen LogP contribution is 2.14. The van der Waals surface area contributed by atoms with E-state index in [2.05, 4.69) is 16.0 Å². The zero-order chi connectivity index (χ0) is 34.3. The third kappa shape index (κ3) is 24.7. The first kappa shape index (κ1) is 41.7. The molecule has 3 atom stereocenters. The Bertz CT molecular complexity index is 1050. The molecule has 0 aliphatic carbocycles. The van der Waals surface area contributed by atoms with Gasteiger partial charge in [-0.2, -0.15) is 8.42 Å². The van der Waals surface area contributed by atoms with Crippen LogP contribution < -0.4 is 16.0 Å². The number of hydrogen-bond donors (Lipinski definition) is 7. The van der Waals surface area contributed by atoms with Crippen molar-refractivity contribution in [3.8, 4) is 0 Å². The van der Waals surface area contributed by atoms with Gasteiger partial charge in [0.05, 0.1) is 0 Å². The normalized spacial score (nSPS) is 13.3. The molecule has 3 amide bonds. The van der Waals surface area contributed by atoms with Gasteiger partial charge in [-0.05, 0) is 26.2 Å². The fraction of sp³-hybridized carbons (Fsp3) is 0.793. The summed E-state index contributed by atoms with van der Waals surface area (Å²) in [6.07, 6.45) is 13.2. The second kappa shape index (κ2) is 24.0. The zero-order valence-corrected chi connectivity index (χ0v) is 26.9. The summed E-state index contributed by atoms with van der Waals surface area (Å²) < 4.78 is 32.1. The van der Waals surface area contributed by atoms with E-state index in [1.165, 1.54) is 19.8 Å². The number of carboxylic acid groups (broad SMARTS) is 3. The predicted molar refractivity (Wildman–Crippen MR) is 164 cm³/mol. The molecule has 45 heavy (non-hydrogen) atoms. The lowest BCUT2D eigenvalue weighted by molar-refractivity contribution is -0.143. The van der Waals surface area contributed by atoms with Crippen LogP contribution in [0, 0.1) is 0 Å². The largest absolute Gasteiger partial charge is 0.481 e. The average Bonchev–Trinajstić information content (AvgIpc) is 2.93. The van der Waals surface area contributed by atoms with Crippen LogP contribution >= 0.6 is 0 Å². The summed E-state index contributed by atoms with van der Waals surface area (Å²) in [7, 11) is -4.73. The highest BCUT2D eigenvalue weighted by molar-refractivity contribution is 7.85. The lowest BCUT2D eigenvalue weighted by Crippen LogP contribution is -2.54. The van der Waals surface area contributed by atoms with Crippen molar-refractivity contribution in [1.82, 2.24) is 16.0 Å². The standard InChI is InChI=1S/C29H51N3O12S/c1-21(28(38)39)30-25(34)19-18-22(29(40)41)32-27(37)23(20-45(42,43)44)31-24(33)16-14-12-10-8-6-4-2-3-5-7-9-11-13-15-17-26(35)36/h21-23H,2-20H2,1H3,(H,30,34)(H,31,33)(H,32,37)(H,35,36)(H,38,39)(H,40,41)(H,42,43,44). The summed E-state index contributed by atoms with van der Waals surface area (Å²) in [5.74, 6) is -7.36. The van der Waals surface area contributed by atoms with Gasteiger partial charge < -0.3 is 31.3 Å². The molecule has 0 heterocycles. The molecule has 0 saturated heterocycles. The maximum atomic E-state index is 12.7. The van der Waals surface area contributed by atoms with E-state index in [1.54, 1.807) is 0 Å². The van der Waals surface area contributed by atoms with Gasteiger partial charge in [0.25, 0.3) is 10.1 Å². The molecule has 0 radical (unpaired) electrons. The van der Waals surface area contributed by atoms with Crippen LogP contribution in [0.4, 0.5) is 0 Å². The van der Waals surface area contributed by atoms with Gasteiger partial charge in [-0.3, -0.25) is 28.5 Å². The van der Waals surface area contributed by atoms with E-state index in [-0.39, 0.29) is 12.8 Å². The maximum Gasteiger partial charge on any atom is 0.326 e. The summed E-state index contributed by atoms with van der Waals surface area (Å²) in [4.78, 5) is 69.8. The Hall–Kier alpha value is -3.27. The van der Waals surface area contributed by atoms with Crippen LogP contribution in [0.25, 0.3) is 0 Å². The molecule has 7 N–H and O–H groups in total. The van der Waals surface area contributed by atoms with E-state index < -0.39 is 82.5 Å². The molecule has 0 aromatic rings. The minimum absolute atomic E-state index is 0.00411. The fourth-order valence-corrected chi connectivity index (χ4v) is 5.18. The van der Waals surface area contributed by atoms with E-state index in [0.29, 0.717) is 6.42 Å². The monoisotopic (exact) mass is 665 g/mol. The third-order valence-electron chi connectivity index (χ3n) is 7.10. The number of carboxylic acids is 3. The zero-order valence-electron chi connectivity index (χ0n) is 26.1. The molecule has 0 aromatic heterocycles. The van der Waals surface area contributed by atoms with Gasteiger partial charge in [-0.25, -0.2) is 4.79 Å². The van der Waals surface area contributed by atoms with E-state index in [9.17, 15) is 46.8 Å². The molecule has 0 aliphatic rings. The molecule has 0 bridgehead atoms. The molecule has 16 heteroatoms. The van der Waals surface area contributed by atoms with Crippen LogP contribution in [0.3, 0.4) is 0 Å². The van der Waals surface area contributed by atoms with E-state index in [1.807, 2.05) is 0 Å². The van der Waals surface area contributed by atoms with Crippen molar-refractivity contribution < 1.29 is 57.1 Å². The van der Waals surface area contributed by atoms with Crippen molar-refractivity contribution in [3.63, 3.8) is 0 Å². The molecule has 260 valence electrons. The van der Waals surface area contributed by atoms with Crippen molar-refractivity contribution in [2.24, 2.45) is 0 Å². The first-order valence-electron chi connectivity index (χ1n) is 15.6. The minimum Gasteiger partial charge on any atom is -0.481 e. The van der Waals surface area contributed by atoms with E-state index >= 15 is 0 Å². The number of nitrogens with one attached hydrogen (secondary N) is 3. The van der Waals surface area contributed by atoms with Crippen LogP contribution in [0.2, 0.25) is 0 Å². The van der Waals surface area contributed by atoms with Crippen molar-refractivity contribution in [2.75, 3.05) is 5.75 Å². The highest BCUT2D eigenvalue weighted by atomic mass is 32.2. The smallest absolute Gasteiger partial charge is 0.326 e. The molecular weight excluding hydrogens is 614 g/mol. The Morgan fingerprint density at radius 3 is 1.38 bits per heavy atom. The van der Waals surface area contributed by atoms with Gasteiger partial charge in [0, 0.05) is 19.3 Å². The summed E-state index contributed by atoms with van der Waals surface area (Å²) in [5.41, 5.74) is 0. The number of hydrogen-bond acceptors (Lipinski definition) is 8. The number of amides is 3. The second-order valence-electron chi connectivity index (χ2n) is 11.3. The van der Waals surface area contributed by atoms with Gasteiger partial charge in [-0.1, -0.05) is 77.0 Å².